The summed E-state index contributed by atoms with van der Waals surface area (Å²) in [5, 5.41) is 8.87. The molecule has 1 aliphatic rings. The number of furan rings is 1. The number of hydrogen-bond donors (Lipinski definition) is 0. The van der Waals surface area contributed by atoms with E-state index in [1.165, 1.54) is 0 Å². The Labute approximate surface area is 190 Å². The number of pyridine rings is 1. The monoisotopic (exact) mass is 440 g/mol. The minimum Gasteiger partial charge on any atom is -0.472 e. The van der Waals surface area contributed by atoms with Crippen molar-refractivity contribution in [3.05, 3.63) is 79.0 Å². The van der Waals surface area contributed by atoms with Crippen molar-refractivity contribution < 1.29 is 4.42 Å². The van der Waals surface area contributed by atoms with Crippen LogP contribution in [-0.2, 0) is 13.5 Å². The largest absolute Gasteiger partial charge is 0.472 e. The molecule has 0 radical (unpaired) electrons. The molecule has 6 heterocycles. The van der Waals surface area contributed by atoms with E-state index in [9.17, 15) is 0 Å². The van der Waals surface area contributed by atoms with Gasteiger partial charge in [0.1, 0.15) is 0 Å². The van der Waals surface area contributed by atoms with Crippen LogP contribution < -0.4 is 9.80 Å². The van der Waals surface area contributed by atoms with Crippen molar-refractivity contribution in [3.63, 3.8) is 0 Å². The lowest BCUT2D eigenvalue weighted by Crippen LogP contribution is -2.47. The Kier molecular flexibility index (Phi) is 4.79. The summed E-state index contributed by atoms with van der Waals surface area (Å²) < 4.78 is 8.90. The van der Waals surface area contributed by atoms with Gasteiger partial charge < -0.3 is 14.2 Å². The van der Waals surface area contributed by atoms with Crippen LogP contribution >= 0.6 is 0 Å². The van der Waals surface area contributed by atoms with Gasteiger partial charge >= 0.3 is 0 Å². The van der Waals surface area contributed by atoms with Gasteiger partial charge in [0, 0.05) is 75.6 Å². The molecule has 0 aromatic carbocycles. The Morgan fingerprint density at radius 2 is 1.64 bits per heavy atom. The molecule has 5 aromatic rings. The summed E-state index contributed by atoms with van der Waals surface area (Å²) in [7, 11) is 1.92. The van der Waals surface area contributed by atoms with Crippen LogP contribution in [0.4, 0.5) is 11.6 Å². The van der Waals surface area contributed by atoms with Crippen LogP contribution in [0.3, 0.4) is 0 Å². The molecule has 0 aliphatic carbocycles. The molecule has 0 saturated carbocycles. The number of nitrogens with zero attached hydrogens (tertiary/aromatic N) is 8. The summed E-state index contributed by atoms with van der Waals surface area (Å²) in [5.41, 5.74) is 6.65. The Balaban J connectivity index is 1.13. The van der Waals surface area contributed by atoms with Gasteiger partial charge in [0.15, 0.2) is 0 Å². The molecule has 1 saturated heterocycles. The van der Waals surface area contributed by atoms with E-state index >= 15 is 0 Å². The molecule has 1 aliphatic heterocycles. The third-order valence-corrected chi connectivity index (χ3v) is 6.12. The fraction of sp³-hybridized carbons (Fsp3) is 0.250. The fourth-order valence-corrected chi connectivity index (χ4v) is 4.33. The van der Waals surface area contributed by atoms with Crippen LogP contribution in [-0.4, -0.2) is 55.5 Å². The lowest BCUT2D eigenvalue weighted by molar-refractivity contribution is 0.564. The first-order valence-corrected chi connectivity index (χ1v) is 11.0. The van der Waals surface area contributed by atoms with Crippen LogP contribution in [0.25, 0.3) is 16.6 Å². The van der Waals surface area contributed by atoms with Crippen molar-refractivity contribution in [1.29, 1.82) is 0 Å². The Hall–Kier alpha value is -4.14. The van der Waals surface area contributed by atoms with Crippen molar-refractivity contribution in [3.8, 4) is 11.1 Å². The van der Waals surface area contributed by atoms with E-state index < -0.39 is 0 Å². The van der Waals surface area contributed by atoms with Gasteiger partial charge in [0.25, 0.3) is 0 Å². The maximum absolute atomic E-state index is 5.14. The molecular weight excluding hydrogens is 416 g/mol. The second-order valence-electron chi connectivity index (χ2n) is 8.35. The predicted octanol–water partition coefficient (Wildman–Crippen LogP) is 3.04. The summed E-state index contributed by atoms with van der Waals surface area (Å²) in [6.45, 7) is 3.52. The van der Waals surface area contributed by atoms with Crippen molar-refractivity contribution in [2.45, 2.75) is 6.42 Å². The Morgan fingerprint density at radius 1 is 0.818 bits per heavy atom. The van der Waals surface area contributed by atoms with Gasteiger partial charge in [-0.2, -0.15) is 10.2 Å². The van der Waals surface area contributed by atoms with Gasteiger partial charge in [-0.25, -0.2) is 14.5 Å². The lowest BCUT2D eigenvalue weighted by Gasteiger charge is -2.35. The minimum atomic E-state index is 0.780. The SMILES string of the molecule is Cn1cc(-c2ccc3c(N4CCN(c5ncc(Cc6ccoc6)cn5)CC4)cnn3c2)cn1. The molecule has 166 valence electrons. The highest BCUT2D eigenvalue weighted by Gasteiger charge is 2.21. The molecule has 33 heavy (non-hydrogen) atoms. The predicted molar refractivity (Wildman–Crippen MR) is 125 cm³/mol. The molecular formula is C24H24N8O. The highest BCUT2D eigenvalue weighted by atomic mass is 16.3. The van der Waals surface area contributed by atoms with Crippen LogP contribution in [0.15, 0.2) is 72.3 Å². The number of hydrogen-bond acceptors (Lipinski definition) is 7. The summed E-state index contributed by atoms with van der Waals surface area (Å²) >= 11 is 0. The molecule has 9 heteroatoms. The van der Waals surface area contributed by atoms with Gasteiger partial charge in [-0.05, 0) is 23.3 Å². The molecule has 6 rings (SSSR count). The average molecular weight is 441 g/mol. The van der Waals surface area contributed by atoms with Gasteiger partial charge in [-0.15, -0.1) is 0 Å². The van der Waals surface area contributed by atoms with E-state index in [0.29, 0.717) is 0 Å². The third kappa shape index (κ3) is 3.82. The van der Waals surface area contributed by atoms with Crippen LogP contribution in [0.1, 0.15) is 11.1 Å². The average Bonchev–Trinajstić information content (AvgIpc) is 3.61. The van der Waals surface area contributed by atoms with Crippen molar-refractivity contribution in [2.24, 2.45) is 7.05 Å². The standard InChI is InChI=1S/C24H24N8O/c1-29-15-21(13-27-29)20-2-3-22-23(14-28-32(22)16-20)30-5-7-31(8-6-30)24-25-11-19(12-26-24)10-18-4-9-33-17-18/h2-4,9,11-17H,5-8,10H2,1H3. The highest BCUT2D eigenvalue weighted by molar-refractivity contribution is 5.75. The minimum absolute atomic E-state index is 0.780. The zero-order chi connectivity index (χ0) is 22.2. The summed E-state index contributed by atoms with van der Waals surface area (Å²) in [4.78, 5) is 13.8. The van der Waals surface area contributed by atoms with Gasteiger partial charge in [0.05, 0.1) is 36.1 Å². The summed E-state index contributed by atoms with van der Waals surface area (Å²) in [6, 6.07) is 6.23. The smallest absolute Gasteiger partial charge is 0.225 e. The van der Waals surface area contributed by atoms with Crippen molar-refractivity contribution in [2.75, 3.05) is 36.0 Å². The molecule has 0 unspecified atom stereocenters. The number of rotatable bonds is 5. The van der Waals surface area contributed by atoms with E-state index in [1.54, 1.807) is 12.5 Å². The molecule has 9 nitrogen and oxygen atoms in total. The highest BCUT2D eigenvalue weighted by Crippen LogP contribution is 2.26. The summed E-state index contributed by atoms with van der Waals surface area (Å²) in [6.07, 6.45) is 15.9. The van der Waals surface area contributed by atoms with E-state index in [0.717, 1.165) is 72.0 Å². The van der Waals surface area contributed by atoms with Crippen molar-refractivity contribution >= 4 is 17.2 Å². The van der Waals surface area contributed by atoms with E-state index in [4.69, 9.17) is 4.42 Å². The maximum Gasteiger partial charge on any atom is 0.225 e. The van der Waals surface area contributed by atoms with E-state index in [2.05, 4.69) is 48.3 Å². The zero-order valence-corrected chi connectivity index (χ0v) is 18.4. The Morgan fingerprint density at radius 3 is 2.36 bits per heavy atom. The van der Waals surface area contributed by atoms with Gasteiger partial charge in [-0.1, -0.05) is 6.07 Å². The summed E-state index contributed by atoms with van der Waals surface area (Å²) in [5.74, 6) is 0.784. The zero-order valence-electron chi connectivity index (χ0n) is 18.4. The molecule has 0 atom stereocenters. The first kappa shape index (κ1) is 19.5. The van der Waals surface area contributed by atoms with Gasteiger partial charge in [0.2, 0.25) is 5.95 Å². The van der Waals surface area contributed by atoms with Crippen molar-refractivity contribution in [1.82, 2.24) is 29.4 Å². The maximum atomic E-state index is 5.14. The van der Waals surface area contributed by atoms with Crippen LogP contribution in [0.5, 0.6) is 0 Å². The number of aromatic nitrogens is 6. The second-order valence-corrected chi connectivity index (χ2v) is 8.35. The molecule has 0 N–H and O–H groups in total. The number of piperazine rings is 1. The quantitative estimate of drug-likeness (QED) is 0.416. The number of fused-ring (bicyclic) bond motifs is 1. The van der Waals surface area contributed by atoms with Crippen LogP contribution in [0.2, 0.25) is 0 Å². The number of aryl methyl sites for hydroxylation is 1. The van der Waals surface area contributed by atoms with Gasteiger partial charge in [-0.3, -0.25) is 4.68 Å². The normalized spacial score (nSPS) is 14.3. The molecule has 5 aromatic heterocycles. The lowest BCUT2D eigenvalue weighted by atomic mass is 10.1. The number of anilines is 2. The molecule has 0 amide bonds. The molecule has 0 bridgehead atoms. The Bertz CT molecular complexity index is 1360. The second kappa shape index (κ2) is 8.09. The third-order valence-electron chi connectivity index (χ3n) is 6.12. The first-order valence-electron chi connectivity index (χ1n) is 11.0. The topological polar surface area (TPSA) is 80.5 Å². The fourth-order valence-electron chi connectivity index (χ4n) is 4.33. The first-order chi connectivity index (χ1) is 16.2. The molecule has 0 spiro atoms. The van der Waals surface area contributed by atoms with E-state index in [1.807, 2.05) is 53.3 Å². The molecule has 1 fully saturated rings. The van der Waals surface area contributed by atoms with Crippen LogP contribution in [0, 0.1) is 0 Å². The van der Waals surface area contributed by atoms with E-state index in [-0.39, 0.29) is 0 Å².